The lowest BCUT2D eigenvalue weighted by atomic mass is 10.2. The highest BCUT2D eigenvalue weighted by molar-refractivity contribution is 6.29. The summed E-state index contributed by atoms with van der Waals surface area (Å²) in [6.07, 6.45) is 1.46. The first-order chi connectivity index (χ1) is 8.70. The van der Waals surface area contributed by atoms with Crippen molar-refractivity contribution in [2.24, 2.45) is 0 Å². The zero-order chi connectivity index (χ0) is 13.0. The lowest BCUT2D eigenvalue weighted by molar-refractivity contribution is 0.0598. The summed E-state index contributed by atoms with van der Waals surface area (Å²) < 4.78 is 10.1. The second kappa shape index (κ2) is 5.46. The van der Waals surface area contributed by atoms with E-state index in [-0.39, 0.29) is 11.2 Å². The Morgan fingerprint density at radius 2 is 2.06 bits per heavy atom. The molecule has 0 saturated heterocycles. The molecule has 0 radical (unpaired) electrons. The van der Waals surface area contributed by atoms with Crippen LogP contribution in [0, 0.1) is 0 Å². The third-order valence-electron chi connectivity index (χ3n) is 2.09. The molecule has 0 unspecified atom stereocenters. The highest BCUT2D eigenvalue weighted by Gasteiger charge is 2.13. The van der Waals surface area contributed by atoms with Crippen molar-refractivity contribution in [2.45, 2.75) is 0 Å². The molecule has 2 rings (SSSR count). The van der Waals surface area contributed by atoms with Crippen LogP contribution in [-0.2, 0) is 4.74 Å². The van der Waals surface area contributed by atoms with Gasteiger partial charge in [-0.2, -0.15) is 4.98 Å². The summed E-state index contributed by atoms with van der Waals surface area (Å²) in [5, 5.41) is 0.260. The molecular formula is C12H9ClN2O3. The summed E-state index contributed by atoms with van der Waals surface area (Å²) in [4.78, 5) is 19.3. The smallest absolute Gasteiger partial charge is 0.341 e. The molecule has 0 aliphatic rings. The molecule has 0 saturated carbocycles. The Morgan fingerprint density at radius 1 is 1.28 bits per heavy atom. The van der Waals surface area contributed by atoms with Crippen molar-refractivity contribution in [1.82, 2.24) is 9.97 Å². The van der Waals surface area contributed by atoms with E-state index in [9.17, 15) is 4.79 Å². The number of carbonyl (C=O) groups excluding carboxylic acids is 1. The normalized spacial score (nSPS) is 9.89. The predicted octanol–water partition coefficient (Wildman–Crippen LogP) is 2.71. The number of para-hydroxylation sites is 1. The molecule has 5 nitrogen and oxygen atoms in total. The van der Waals surface area contributed by atoms with E-state index in [2.05, 4.69) is 14.7 Å². The van der Waals surface area contributed by atoms with Gasteiger partial charge in [-0.15, -0.1) is 0 Å². The van der Waals surface area contributed by atoms with Gasteiger partial charge in [-0.1, -0.05) is 23.7 Å². The number of carbonyl (C=O) groups is 1. The highest BCUT2D eigenvalue weighted by atomic mass is 35.5. The SMILES string of the molecule is COC(=O)c1ccccc1Oc1nccc(Cl)n1. The quantitative estimate of drug-likeness (QED) is 0.630. The average molecular weight is 265 g/mol. The number of hydrogen-bond donors (Lipinski definition) is 0. The van der Waals surface area contributed by atoms with Gasteiger partial charge < -0.3 is 9.47 Å². The largest absolute Gasteiger partial charge is 0.465 e. The zero-order valence-corrected chi connectivity index (χ0v) is 10.2. The van der Waals surface area contributed by atoms with Crippen LogP contribution in [-0.4, -0.2) is 23.0 Å². The van der Waals surface area contributed by atoms with Crippen molar-refractivity contribution in [3.63, 3.8) is 0 Å². The van der Waals surface area contributed by atoms with E-state index in [0.29, 0.717) is 11.3 Å². The monoisotopic (exact) mass is 264 g/mol. The summed E-state index contributed by atoms with van der Waals surface area (Å²) in [6.45, 7) is 0. The maximum absolute atomic E-state index is 11.5. The van der Waals surface area contributed by atoms with E-state index in [1.165, 1.54) is 19.4 Å². The first-order valence-electron chi connectivity index (χ1n) is 5.04. The Hall–Kier alpha value is -2.14. The lowest BCUT2D eigenvalue weighted by Crippen LogP contribution is -2.04. The van der Waals surface area contributed by atoms with Crippen molar-refractivity contribution in [2.75, 3.05) is 7.11 Å². The molecule has 18 heavy (non-hydrogen) atoms. The standard InChI is InChI=1S/C12H9ClN2O3/c1-17-11(16)8-4-2-3-5-9(8)18-12-14-7-6-10(13)15-12/h2-7H,1H3. The van der Waals surface area contributed by atoms with Gasteiger partial charge in [0.2, 0.25) is 0 Å². The Balaban J connectivity index is 2.32. The number of benzene rings is 1. The molecule has 1 aromatic carbocycles. The van der Waals surface area contributed by atoms with Crippen LogP contribution in [0.4, 0.5) is 0 Å². The first kappa shape index (κ1) is 12.3. The van der Waals surface area contributed by atoms with E-state index < -0.39 is 5.97 Å². The minimum atomic E-state index is -0.493. The second-order valence-corrected chi connectivity index (χ2v) is 3.64. The molecule has 0 atom stereocenters. The summed E-state index contributed by atoms with van der Waals surface area (Å²) in [6, 6.07) is 8.24. The fourth-order valence-electron chi connectivity index (χ4n) is 1.30. The summed E-state index contributed by atoms with van der Waals surface area (Å²) in [5.74, 6) is -0.181. The number of esters is 1. The maximum atomic E-state index is 11.5. The van der Waals surface area contributed by atoms with Crippen LogP contribution in [0.15, 0.2) is 36.5 Å². The molecule has 1 aromatic heterocycles. The topological polar surface area (TPSA) is 61.3 Å². The van der Waals surface area contributed by atoms with Gasteiger partial charge in [0.1, 0.15) is 16.5 Å². The molecular weight excluding hydrogens is 256 g/mol. The van der Waals surface area contributed by atoms with Crippen molar-refractivity contribution in [3.05, 3.63) is 47.2 Å². The third-order valence-corrected chi connectivity index (χ3v) is 2.30. The van der Waals surface area contributed by atoms with Crippen molar-refractivity contribution < 1.29 is 14.3 Å². The van der Waals surface area contributed by atoms with Gasteiger partial charge in [0.05, 0.1) is 7.11 Å². The molecule has 0 fully saturated rings. The number of rotatable bonds is 3. The van der Waals surface area contributed by atoms with Crippen LogP contribution in [0.3, 0.4) is 0 Å². The predicted molar refractivity (Wildman–Crippen MR) is 64.9 cm³/mol. The summed E-state index contributed by atoms with van der Waals surface area (Å²) in [5.41, 5.74) is 0.295. The van der Waals surface area contributed by atoms with E-state index >= 15 is 0 Å². The van der Waals surface area contributed by atoms with Crippen molar-refractivity contribution >= 4 is 17.6 Å². The van der Waals surface area contributed by atoms with Gasteiger partial charge in [-0.25, -0.2) is 9.78 Å². The number of methoxy groups -OCH3 is 1. The zero-order valence-electron chi connectivity index (χ0n) is 9.46. The first-order valence-corrected chi connectivity index (χ1v) is 5.42. The third kappa shape index (κ3) is 2.75. The molecule has 0 amide bonds. The summed E-state index contributed by atoms with van der Waals surface area (Å²) in [7, 11) is 1.30. The Labute approximate surface area is 108 Å². The van der Waals surface area contributed by atoms with Crippen LogP contribution >= 0.6 is 11.6 Å². The van der Waals surface area contributed by atoms with E-state index in [0.717, 1.165) is 0 Å². The van der Waals surface area contributed by atoms with Gasteiger partial charge in [-0.05, 0) is 18.2 Å². The lowest BCUT2D eigenvalue weighted by Gasteiger charge is -2.07. The second-order valence-electron chi connectivity index (χ2n) is 3.25. The molecule has 0 aliphatic heterocycles. The molecule has 0 N–H and O–H groups in total. The van der Waals surface area contributed by atoms with Crippen LogP contribution in [0.25, 0.3) is 0 Å². The minimum absolute atomic E-state index is 0.0684. The van der Waals surface area contributed by atoms with Gasteiger partial charge in [-0.3, -0.25) is 0 Å². The Bertz CT molecular complexity index is 575. The highest BCUT2D eigenvalue weighted by Crippen LogP contribution is 2.23. The average Bonchev–Trinajstić information content (AvgIpc) is 2.38. The van der Waals surface area contributed by atoms with Crippen LogP contribution in [0.1, 0.15) is 10.4 Å². The molecule has 2 aromatic rings. The number of ether oxygens (including phenoxy) is 2. The van der Waals surface area contributed by atoms with Gasteiger partial charge in [0.15, 0.2) is 0 Å². The fourth-order valence-corrected chi connectivity index (χ4v) is 1.43. The molecule has 6 heteroatoms. The van der Waals surface area contributed by atoms with E-state index in [1.54, 1.807) is 24.3 Å². The van der Waals surface area contributed by atoms with Crippen LogP contribution in [0.2, 0.25) is 5.15 Å². The molecule has 0 bridgehead atoms. The summed E-state index contributed by atoms with van der Waals surface area (Å²) >= 11 is 5.72. The number of hydrogen-bond acceptors (Lipinski definition) is 5. The van der Waals surface area contributed by atoms with Crippen molar-refractivity contribution in [1.29, 1.82) is 0 Å². The van der Waals surface area contributed by atoms with Crippen molar-refractivity contribution in [3.8, 4) is 11.8 Å². The van der Waals surface area contributed by atoms with E-state index in [4.69, 9.17) is 16.3 Å². The molecule has 0 aliphatic carbocycles. The molecule has 0 spiro atoms. The van der Waals surface area contributed by atoms with Gasteiger partial charge in [0, 0.05) is 6.20 Å². The Kier molecular flexibility index (Phi) is 3.74. The maximum Gasteiger partial charge on any atom is 0.341 e. The number of aromatic nitrogens is 2. The van der Waals surface area contributed by atoms with Crippen LogP contribution in [0.5, 0.6) is 11.8 Å². The van der Waals surface area contributed by atoms with Gasteiger partial charge in [0.25, 0.3) is 0 Å². The number of halogens is 1. The fraction of sp³-hybridized carbons (Fsp3) is 0.0833. The van der Waals surface area contributed by atoms with E-state index in [1.807, 2.05) is 0 Å². The molecule has 1 heterocycles. The Morgan fingerprint density at radius 3 is 2.78 bits per heavy atom. The molecule has 92 valence electrons. The van der Waals surface area contributed by atoms with Gasteiger partial charge >= 0.3 is 12.0 Å². The number of nitrogens with zero attached hydrogens (tertiary/aromatic N) is 2. The van der Waals surface area contributed by atoms with Crippen LogP contribution < -0.4 is 4.74 Å². The minimum Gasteiger partial charge on any atom is -0.465 e.